The van der Waals surface area contributed by atoms with Crippen LogP contribution in [0.3, 0.4) is 0 Å². The van der Waals surface area contributed by atoms with Crippen LogP contribution in [0.15, 0.2) is 48.7 Å². The number of unbranched alkanes of at least 4 members (excludes halogenated alkanes) is 1. The number of benzene rings is 1. The van der Waals surface area contributed by atoms with Crippen LogP contribution in [0.2, 0.25) is 0 Å². The molecule has 0 aliphatic rings. The Balaban J connectivity index is 2.04. The molecule has 5 nitrogen and oxygen atoms in total. The van der Waals surface area contributed by atoms with Crippen molar-refractivity contribution in [2.75, 3.05) is 12.4 Å². The molecule has 0 spiro atoms. The summed E-state index contributed by atoms with van der Waals surface area (Å²) in [6.45, 7) is 2.08. The van der Waals surface area contributed by atoms with Crippen molar-refractivity contribution in [2.24, 2.45) is 0 Å². The van der Waals surface area contributed by atoms with Gasteiger partial charge in [-0.15, -0.1) is 0 Å². The summed E-state index contributed by atoms with van der Waals surface area (Å²) in [5.41, 5.74) is 0. The van der Waals surface area contributed by atoms with Crippen molar-refractivity contribution in [3.8, 4) is 11.5 Å². The van der Waals surface area contributed by atoms with Crippen LogP contribution in [0.1, 0.15) is 26.2 Å². The van der Waals surface area contributed by atoms with E-state index in [0.717, 1.165) is 18.6 Å². The van der Waals surface area contributed by atoms with E-state index in [-0.39, 0.29) is 5.91 Å². The normalized spacial score (nSPS) is 11.6. The van der Waals surface area contributed by atoms with Gasteiger partial charge in [-0.1, -0.05) is 19.4 Å². The summed E-state index contributed by atoms with van der Waals surface area (Å²) < 4.78 is 11.0. The molecule has 1 aromatic carbocycles. The number of nitrogens with zero attached hydrogens (tertiary/aromatic N) is 1. The summed E-state index contributed by atoms with van der Waals surface area (Å²) in [4.78, 5) is 16.6. The van der Waals surface area contributed by atoms with Crippen LogP contribution >= 0.6 is 0 Å². The first kappa shape index (κ1) is 16.8. The van der Waals surface area contributed by atoms with Crippen LogP contribution in [0.25, 0.3) is 0 Å². The first-order chi connectivity index (χ1) is 11.2. The maximum Gasteiger partial charge on any atom is 0.266 e. The molecule has 1 N–H and O–H groups in total. The van der Waals surface area contributed by atoms with Crippen LogP contribution in [-0.4, -0.2) is 24.1 Å². The zero-order valence-corrected chi connectivity index (χ0v) is 13.5. The monoisotopic (exact) mass is 314 g/mol. The van der Waals surface area contributed by atoms with Gasteiger partial charge in [0.1, 0.15) is 17.3 Å². The molecule has 122 valence electrons. The molecule has 0 aliphatic carbocycles. The highest BCUT2D eigenvalue weighted by molar-refractivity contribution is 5.93. The van der Waals surface area contributed by atoms with E-state index < -0.39 is 6.10 Å². The lowest BCUT2D eigenvalue weighted by molar-refractivity contribution is -0.123. The molecule has 0 aliphatic heterocycles. The van der Waals surface area contributed by atoms with Crippen LogP contribution in [-0.2, 0) is 4.79 Å². The molecule has 5 heteroatoms. The van der Waals surface area contributed by atoms with E-state index in [0.29, 0.717) is 18.0 Å². The Hall–Kier alpha value is -2.56. The van der Waals surface area contributed by atoms with Crippen molar-refractivity contribution in [1.29, 1.82) is 0 Å². The fraction of sp³-hybridized carbons (Fsp3) is 0.333. The number of aromatic nitrogens is 1. The molecule has 23 heavy (non-hydrogen) atoms. The molecule has 2 rings (SSSR count). The van der Waals surface area contributed by atoms with Gasteiger partial charge in [0.05, 0.1) is 7.11 Å². The number of hydrogen-bond acceptors (Lipinski definition) is 4. The Kier molecular flexibility index (Phi) is 6.41. The molecular formula is C18H22N2O3. The van der Waals surface area contributed by atoms with Crippen LogP contribution in [0, 0.1) is 0 Å². The Labute approximate surface area is 136 Å². The van der Waals surface area contributed by atoms with Crippen LogP contribution < -0.4 is 14.8 Å². The van der Waals surface area contributed by atoms with Crippen molar-refractivity contribution in [1.82, 2.24) is 4.98 Å². The third-order valence-corrected chi connectivity index (χ3v) is 3.37. The molecule has 0 fully saturated rings. The van der Waals surface area contributed by atoms with Crippen molar-refractivity contribution in [3.05, 3.63) is 48.7 Å². The lowest BCUT2D eigenvalue weighted by atomic mass is 10.1. The van der Waals surface area contributed by atoms with Gasteiger partial charge >= 0.3 is 0 Å². The third-order valence-electron chi connectivity index (χ3n) is 3.37. The topological polar surface area (TPSA) is 60.5 Å². The van der Waals surface area contributed by atoms with Crippen molar-refractivity contribution in [3.63, 3.8) is 0 Å². The van der Waals surface area contributed by atoms with Gasteiger partial charge in [0.25, 0.3) is 5.91 Å². The quantitative estimate of drug-likeness (QED) is 0.807. The molecule has 0 saturated heterocycles. The van der Waals surface area contributed by atoms with Gasteiger partial charge in [-0.05, 0) is 49.2 Å². The number of pyridine rings is 1. The number of ether oxygens (including phenoxy) is 2. The Morgan fingerprint density at radius 1 is 1.17 bits per heavy atom. The lowest BCUT2D eigenvalue weighted by Gasteiger charge is -2.18. The van der Waals surface area contributed by atoms with E-state index in [1.807, 2.05) is 18.2 Å². The van der Waals surface area contributed by atoms with E-state index in [1.165, 1.54) is 0 Å². The van der Waals surface area contributed by atoms with E-state index in [9.17, 15) is 4.79 Å². The fourth-order valence-corrected chi connectivity index (χ4v) is 2.10. The molecule has 0 bridgehead atoms. The van der Waals surface area contributed by atoms with E-state index >= 15 is 0 Å². The maximum absolute atomic E-state index is 12.4. The molecule has 1 heterocycles. The summed E-state index contributed by atoms with van der Waals surface area (Å²) >= 11 is 0. The minimum Gasteiger partial charge on any atom is -0.497 e. The van der Waals surface area contributed by atoms with Crippen molar-refractivity contribution in [2.45, 2.75) is 32.3 Å². The lowest BCUT2D eigenvalue weighted by Crippen LogP contribution is -2.33. The summed E-state index contributed by atoms with van der Waals surface area (Å²) in [5, 5.41) is 2.79. The summed E-state index contributed by atoms with van der Waals surface area (Å²) in [6.07, 6.45) is 3.66. The first-order valence-corrected chi connectivity index (χ1v) is 7.75. The number of nitrogens with one attached hydrogen (secondary N) is 1. The van der Waals surface area contributed by atoms with E-state index in [4.69, 9.17) is 9.47 Å². The predicted molar refractivity (Wildman–Crippen MR) is 89.8 cm³/mol. The average molecular weight is 314 g/mol. The van der Waals surface area contributed by atoms with Crippen molar-refractivity contribution < 1.29 is 14.3 Å². The number of carbonyl (C=O) groups excluding carboxylic acids is 1. The largest absolute Gasteiger partial charge is 0.497 e. The molecule has 1 aromatic heterocycles. The standard InChI is InChI=1S/C18H22N2O3/c1-3-4-7-16(18(21)20-17-8-5-6-13-19-17)23-15-11-9-14(22-2)10-12-15/h5-6,8-13,16H,3-4,7H2,1-2H3,(H,19,20,21). The highest BCUT2D eigenvalue weighted by Crippen LogP contribution is 2.20. The molecule has 0 radical (unpaired) electrons. The zero-order chi connectivity index (χ0) is 16.5. The van der Waals surface area contributed by atoms with Gasteiger partial charge in [0, 0.05) is 6.20 Å². The second-order valence-electron chi connectivity index (χ2n) is 5.13. The number of carbonyl (C=O) groups is 1. The van der Waals surface area contributed by atoms with E-state index in [1.54, 1.807) is 37.6 Å². The molecule has 1 atom stereocenters. The molecular weight excluding hydrogens is 292 g/mol. The van der Waals surface area contributed by atoms with Gasteiger partial charge in [0.2, 0.25) is 0 Å². The van der Waals surface area contributed by atoms with Gasteiger partial charge in [-0.2, -0.15) is 0 Å². The predicted octanol–water partition coefficient (Wildman–Crippen LogP) is 3.67. The van der Waals surface area contributed by atoms with Gasteiger partial charge < -0.3 is 14.8 Å². The van der Waals surface area contributed by atoms with Crippen molar-refractivity contribution >= 4 is 11.7 Å². The molecule has 1 unspecified atom stereocenters. The second kappa shape index (κ2) is 8.78. The Morgan fingerprint density at radius 2 is 1.91 bits per heavy atom. The second-order valence-corrected chi connectivity index (χ2v) is 5.13. The smallest absolute Gasteiger partial charge is 0.266 e. The molecule has 1 amide bonds. The Bertz CT molecular complexity index is 599. The minimum atomic E-state index is -0.551. The van der Waals surface area contributed by atoms with E-state index in [2.05, 4.69) is 17.2 Å². The number of methoxy groups -OCH3 is 1. The summed E-state index contributed by atoms with van der Waals surface area (Å²) in [6, 6.07) is 12.6. The molecule has 2 aromatic rings. The minimum absolute atomic E-state index is 0.187. The summed E-state index contributed by atoms with van der Waals surface area (Å²) in [7, 11) is 1.61. The maximum atomic E-state index is 12.4. The zero-order valence-electron chi connectivity index (χ0n) is 13.5. The number of anilines is 1. The number of amides is 1. The average Bonchev–Trinajstić information content (AvgIpc) is 2.60. The third kappa shape index (κ3) is 5.29. The van der Waals surface area contributed by atoms with Gasteiger partial charge in [0.15, 0.2) is 6.10 Å². The number of hydrogen-bond donors (Lipinski definition) is 1. The number of rotatable bonds is 8. The first-order valence-electron chi connectivity index (χ1n) is 7.75. The van der Waals surface area contributed by atoms with Crippen LogP contribution in [0.4, 0.5) is 5.82 Å². The van der Waals surface area contributed by atoms with Gasteiger partial charge in [-0.25, -0.2) is 4.98 Å². The highest BCUT2D eigenvalue weighted by atomic mass is 16.5. The van der Waals surface area contributed by atoms with Crippen LogP contribution in [0.5, 0.6) is 11.5 Å². The summed E-state index contributed by atoms with van der Waals surface area (Å²) in [5.74, 6) is 1.73. The SMILES string of the molecule is CCCCC(Oc1ccc(OC)cc1)C(=O)Nc1ccccn1. The fourth-order valence-electron chi connectivity index (χ4n) is 2.10. The highest BCUT2D eigenvalue weighted by Gasteiger charge is 2.20. The Morgan fingerprint density at radius 3 is 2.52 bits per heavy atom. The van der Waals surface area contributed by atoms with Gasteiger partial charge in [-0.3, -0.25) is 4.79 Å². The molecule has 0 saturated carbocycles.